The Morgan fingerprint density at radius 1 is 1.27 bits per heavy atom. The first kappa shape index (κ1) is 16.5. The first-order chi connectivity index (χ1) is 12.7. The minimum Gasteiger partial charge on any atom is -0.497 e. The smallest absolute Gasteiger partial charge is 0.255 e. The quantitative estimate of drug-likeness (QED) is 0.787. The molecule has 1 amide bonds. The fraction of sp³-hybridized carbons (Fsp3) is 0.250. The summed E-state index contributed by atoms with van der Waals surface area (Å²) in [4.78, 5) is 23.4. The highest BCUT2D eigenvalue weighted by atomic mass is 16.5. The third kappa shape index (κ3) is 2.88. The topological polar surface area (TPSA) is 75.6 Å². The molecule has 1 aliphatic heterocycles. The van der Waals surface area contributed by atoms with E-state index in [1.54, 1.807) is 42.7 Å². The van der Waals surface area contributed by atoms with Gasteiger partial charge in [0.25, 0.3) is 5.91 Å². The Morgan fingerprint density at radius 2 is 2.15 bits per heavy atom. The summed E-state index contributed by atoms with van der Waals surface area (Å²) in [7, 11) is 1.61. The van der Waals surface area contributed by atoms with Gasteiger partial charge in [0.15, 0.2) is 0 Å². The Hall–Kier alpha value is -2.99. The zero-order chi connectivity index (χ0) is 18.1. The number of benzene rings is 1. The Balaban J connectivity index is 1.73. The summed E-state index contributed by atoms with van der Waals surface area (Å²) in [5.74, 6) is 0.601. The van der Waals surface area contributed by atoms with Gasteiger partial charge in [-0.25, -0.2) is 0 Å². The zero-order valence-corrected chi connectivity index (χ0v) is 14.4. The maximum Gasteiger partial charge on any atom is 0.255 e. The lowest BCUT2D eigenvalue weighted by atomic mass is 10.0. The third-order valence-electron chi connectivity index (χ3n) is 4.79. The van der Waals surface area contributed by atoms with E-state index in [-0.39, 0.29) is 11.9 Å². The Kier molecular flexibility index (Phi) is 4.26. The van der Waals surface area contributed by atoms with E-state index < -0.39 is 6.10 Å². The number of rotatable bonds is 3. The number of methoxy groups -OCH3 is 1. The van der Waals surface area contributed by atoms with Gasteiger partial charge >= 0.3 is 0 Å². The van der Waals surface area contributed by atoms with Gasteiger partial charge in [-0.3, -0.25) is 14.8 Å². The molecule has 1 fully saturated rings. The summed E-state index contributed by atoms with van der Waals surface area (Å²) >= 11 is 0. The molecule has 0 spiro atoms. The Bertz CT molecular complexity index is 954. The van der Waals surface area contributed by atoms with E-state index in [0.29, 0.717) is 23.9 Å². The predicted molar refractivity (Wildman–Crippen MR) is 96.9 cm³/mol. The van der Waals surface area contributed by atoms with E-state index in [0.717, 1.165) is 16.8 Å². The van der Waals surface area contributed by atoms with Crippen LogP contribution in [0.4, 0.5) is 0 Å². The highest BCUT2D eigenvalue weighted by molar-refractivity contribution is 6.06. The van der Waals surface area contributed by atoms with Crippen molar-refractivity contribution in [2.45, 2.75) is 18.6 Å². The number of ether oxygens (including phenoxy) is 1. The lowest BCUT2D eigenvalue weighted by Crippen LogP contribution is -2.32. The van der Waals surface area contributed by atoms with E-state index in [1.807, 2.05) is 24.3 Å². The van der Waals surface area contributed by atoms with Gasteiger partial charge in [-0.15, -0.1) is 0 Å². The standard InChI is InChI=1S/C20H19N3O3/c1-26-15-4-2-3-13(9-15)19-10-14(24)12-23(19)20(25)16-5-8-22-18-6-7-21-11-17(16)18/h2-9,11,14,19,24H,10,12H2,1H3/t14-,19-/m1/s1. The van der Waals surface area contributed by atoms with Gasteiger partial charge in [0.1, 0.15) is 5.75 Å². The van der Waals surface area contributed by atoms with Crippen LogP contribution in [0.3, 0.4) is 0 Å². The van der Waals surface area contributed by atoms with Crippen molar-refractivity contribution in [3.05, 3.63) is 66.1 Å². The molecular weight excluding hydrogens is 330 g/mol. The second-order valence-electron chi connectivity index (χ2n) is 6.39. The monoisotopic (exact) mass is 349 g/mol. The molecule has 4 rings (SSSR count). The zero-order valence-electron chi connectivity index (χ0n) is 14.4. The van der Waals surface area contributed by atoms with Crippen molar-refractivity contribution < 1.29 is 14.6 Å². The molecule has 3 heterocycles. The minimum absolute atomic E-state index is 0.130. The molecule has 1 aromatic carbocycles. The first-order valence-corrected chi connectivity index (χ1v) is 8.49. The van der Waals surface area contributed by atoms with Gasteiger partial charge in [0.05, 0.1) is 30.3 Å². The van der Waals surface area contributed by atoms with Crippen LogP contribution in [0.25, 0.3) is 10.9 Å². The molecule has 26 heavy (non-hydrogen) atoms. The number of nitrogens with zero attached hydrogens (tertiary/aromatic N) is 3. The molecule has 2 aromatic heterocycles. The summed E-state index contributed by atoms with van der Waals surface area (Å²) in [6, 6.07) is 10.9. The van der Waals surface area contributed by atoms with Crippen molar-refractivity contribution >= 4 is 16.8 Å². The maximum atomic E-state index is 13.3. The minimum atomic E-state index is -0.554. The van der Waals surface area contributed by atoms with Crippen molar-refractivity contribution in [3.63, 3.8) is 0 Å². The summed E-state index contributed by atoms with van der Waals surface area (Å²) in [6.45, 7) is 0.296. The number of β-amino-alcohol motifs (C(OH)–C–C–N with tert-alkyl or cyclic N) is 1. The number of carbonyl (C=O) groups excluding carboxylic acids is 1. The van der Waals surface area contributed by atoms with Gasteiger partial charge < -0.3 is 14.7 Å². The average Bonchev–Trinajstić information content (AvgIpc) is 3.09. The lowest BCUT2D eigenvalue weighted by Gasteiger charge is -2.25. The second kappa shape index (κ2) is 6.72. The second-order valence-corrected chi connectivity index (χ2v) is 6.39. The average molecular weight is 349 g/mol. The van der Waals surface area contributed by atoms with E-state index in [1.165, 1.54) is 0 Å². The molecule has 3 aromatic rings. The van der Waals surface area contributed by atoms with E-state index in [9.17, 15) is 9.90 Å². The van der Waals surface area contributed by atoms with Crippen molar-refractivity contribution in [3.8, 4) is 5.75 Å². The fourth-order valence-electron chi connectivity index (χ4n) is 3.53. The van der Waals surface area contributed by atoms with Crippen LogP contribution in [-0.4, -0.2) is 45.6 Å². The lowest BCUT2D eigenvalue weighted by molar-refractivity contribution is 0.0717. The van der Waals surface area contributed by atoms with Crippen LogP contribution < -0.4 is 4.74 Å². The molecule has 1 aliphatic rings. The van der Waals surface area contributed by atoms with Crippen LogP contribution in [0.1, 0.15) is 28.4 Å². The van der Waals surface area contributed by atoms with Crippen molar-refractivity contribution in [1.82, 2.24) is 14.9 Å². The SMILES string of the molecule is COc1cccc([C@H]2C[C@@H](O)CN2C(=O)c2ccnc3ccncc23)c1. The molecule has 6 nitrogen and oxygen atoms in total. The van der Waals surface area contributed by atoms with Crippen LogP contribution in [-0.2, 0) is 0 Å². The molecule has 0 bridgehead atoms. The van der Waals surface area contributed by atoms with Gasteiger partial charge in [0, 0.05) is 30.5 Å². The summed E-state index contributed by atoms with van der Waals surface area (Å²) < 4.78 is 5.30. The summed E-state index contributed by atoms with van der Waals surface area (Å²) in [5.41, 5.74) is 2.22. The summed E-state index contributed by atoms with van der Waals surface area (Å²) in [6.07, 6.45) is 4.88. The molecule has 1 saturated heterocycles. The number of hydrogen-bond acceptors (Lipinski definition) is 5. The van der Waals surface area contributed by atoms with Crippen LogP contribution in [0.5, 0.6) is 5.75 Å². The Morgan fingerprint density at radius 3 is 3.00 bits per heavy atom. The Labute approximate surface area is 151 Å². The van der Waals surface area contributed by atoms with Crippen LogP contribution in [0.15, 0.2) is 55.0 Å². The number of pyridine rings is 2. The van der Waals surface area contributed by atoms with Crippen molar-refractivity contribution in [1.29, 1.82) is 0 Å². The fourth-order valence-corrected chi connectivity index (χ4v) is 3.53. The van der Waals surface area contributed by atoms with Gasteiger partial charge in [-0.05, 0) is 36.2 Å². The van der Waals surface area contributed by atoms with Crippen LogP contribution in [0.2, 0.25) is 0 Å². The number of likely N-dealkylation sites (tertiary alicyclic amines) is 1. The largest absolute Gasteiger partial charge is 0.497 e. The molecular formula is C20H19N3O3. The molecule has 0 saturated carbocycles. The van der Waals surface area contributed by atoms with E-state index >= 15 is 0 Å². The molecule has 0 unspecified atom stereocenters. The third-order valence-corrected chi connectivity index (χ3v) is 4.79. The van der Waals surface area contributed by atoms with E-state index in [2.05, 4.69) is 9.97 Å². The molecule has 0 aliphatic carbocycles. The molecule has 6 heteroatoms. The highest BCUT2D eigenvalue weighted by Crippen LogP contribution is 2.35. The van der Waals surface area contributed by atoms with Crippen molar-refractivity contribution in [2.24, 2.45) is 0 Å². The normalized spacial score (nSPS) is 19.7. The first-order valence-electron chi connectivity index (χ1n) is 8.49. The number of aromatic nitrogens is 2. The number of carbonyl (C=O) groups is 1. The predicted octanol–water partition coefficient (Wildman–Crippen LogP) is 2.59. The summed E-state index contributed by atoms with van der Waals surface area (Å²) in [5, 5.41) is 10.9. The number of aliphatic hydroxyl groups excluding tert-OH is 1. The van der Waals surface area contributed by atoms with Gasteiger partial charge in [-0.1, -0.05) is 12.1 Å². The number of fused-ring (bicyclic) bond motifs is 1. The van der Waals surface area contributed by atoms with Gasteiger partial charge in [0.2, 0.25) is 0 Å². The molecule has 2 atom stereocenters. The van der Waals surface area contributed by atoms with Crippen LogP contribution in [0, 0.1) is 0 Å². The maximum absolute atomic E-state index is 13.3. The number of aliphatic hydroxyl groups is 1. The molecule has 0 radical (unpaired) electrons. The highest BCUT2D eigenvalue weighted by Gasteiger charge is 2.36. The molecule has 1 N–H and O–H groups in total. The van der Waals surface area contributed by atoms with Gasteiger partial charge in [-0.2, -0.15) is 0 Å². The van der Waals surface area contributed by atoms with Crippen molar-refractivity contribution in [2.75, 3.05) is 13.7 Å². The van der Waals surface area contributed by atoms with Crippen LogP contribution >= 0.6 is 0 Å². The number of amides is 1. The number of hydrogen-bond donors (Lipinski definition) is 1. The molecule has 132 valence electrons. The van der Waals surface area contributed by atoms with E-state index in [4.69, 9.17) is 4.74 Å².